The summed E-state index contributed by atoms with van der Waals surface area (Å²) in [6.07, 6.45) is 2.43. The Morgan fingerprint density at radius 1 is 1.26 bits per heavy atom. The molecule has 0 bridgehead atoms. The van der Waals surface area contributed by atoms with E-state index in [1.165, 1.54) is 0 Å². The summed E-state index contributed by atoms with van der Waals surface area (Å²) in [6, 6.07) is 12.8. The average Bonchev–Trinajstić information content (AvgIpc) is 3.36. The first-order valence-corrected chi connectivity index (χ1v) is 13.2. The molecular weight excluding hydrogens is 468 g/mol. The number of nitrogens with one attached hydrogen (secondary N) is 1. The van der Waals surface area contributed by atoms with Crippen molar-refractivity contribution in [3.63, 3.8) is 0 Å². The van der Waals surface area contributed by atoms with Gasteiger partial charge in [0.1, 0.15) is 11.5 Å². The Balaban J connectivity index is 1.39. The van der Waals surface area contributed by atoms with Crippen molar-refractivity contribution in [3.05, 3.63) is 65.0 Å². The van der Waals surface area contributed by atoms with E-state index in [1.54, 1.807) is 32.0 Å². The molecule has 186 valence electrons. The SMILES string of the molecule is Cc1oc(-c2cccc(NS(=O)(=O)C(C)C)c2)nc1CCOc1ccc2c(c1)CC[C@H]2CC(=O)O. The van der Waals surface area contributed by atoms with E-state index in [9.17, 15) is 13.2 Å². The molecule has 0 saturated carbocycles. The Bertz CT molecular complexity index is 1330. The molecule has 35 heavy (non-hydrogen) atoms. The lowest BCUT2D eigenvalue weighted by atomic mass is 9.98. The molecule has 0 aliphatic heterocycles. The van der Waals surface area contributed by atoms with Crippen molar-refractivity contribution in [3.8, 4) is 17.2 Å². The van der Waals surface area contributed by atoms with E-state index in [0.717, 1.165) is 35.4 Å². The predicted octanol–water partition coefficient (Wildman–Crippen LogP) is 4.93. The van der Waals surface area contributed by atoms with E-state index in [0.29, 0.717) is 35.9 Å². The van der Waals surface area contributed by atoms with Crippen LogP contribution in [0.25, 0.3) is 11.5 Å². The summed E-state index contributed by atoms with van der Waals surface area (Å²) in [4.78, 5) is 15.7. The number of hydrogen-bond donors (Lipinski definition) is 2. The normalized spacial score (nSPS) is 15.3. The lowest BCUT2D eigenvalue weighted by Gasteiger charge is -2.11. The number of rotatable bonds is 10. The molecule has 1 heterocycles. The van der Waals surface area contributed by atoms with E-state index < -0.39 is 21.2 Å². The number of nitrogens with zero attached hydrogens (tertiary/aromatic N) is 1. The van der Waals surface area contributed by atoms with Crippen LogP contribution in [0, 0.1) is 6.92 Å². The van der Waals surface area contributed by atoms with Gasteiger partial charge in [-0.1, -0.05) is 12.1 Å². The molecule has 1 aliphatic rings. The van der Waals surface area contributed by atoms with Crippen molar-refractivity contribution >= 4 is 21.7 Å². The second-order valence-corrected chi connectivity index (χ2v) is 11.3. The van der Waals surface area contributed by atoms with Gasteiger partial charge in [0.2, 0.25) is 15.9 Å². The van der Waals surface area contributed by atoms with E-state index in [4.69, 9.17) is 14.3 Å². The van der Waals surface area contributed by atoms with Gasteiger partial charge >= 0.3 is 5.97 Å². The van der Waals surface area contributed by atoms with Gasteiger partial charge in [-0.25, -0.2) is 13.4 Å². The number of anilines is 1. The number of aromatic nitrogens is 1. The number of benzene rings is 2. The van der Waals surface area contributed by atoms with Gasteiger partial charge in [0.05, 0.1) is 24.0 Å². The largest absolute Gasteiger partial charge is 0.493 e. The number of fused-ring (bicyclic) bond motifs is 1. The molecular formula is C26H30N2O6S. The smallest absolute Gasteiger partial charge is 0.303 e. The number of carbonyl (C=O) groups is 1. The molecule has 3 aromatic rings. The summed E-state index contributed by atoms with van der Waals surface area (Å²) in [5.41, 5.74) is 4.17. The molecule has 0 spiro atoms. The molecule has 0 amide bonds. The second-order valence-electron chi connectivity index (χ2n) is 9.09. The predicted molar refractivity (Wildman–Crippen MR) is 133 cm³/mol. The molecule has 2 aromatic carbocycles. The minimum atomic E-state index is -3.45. The fourth-order valence-electron chi connectivity index (χ4n) is 4.24. The van der Waals surface area contributed by atoms with Crippen LogP contribution >= 0.6 is 0 Å². The van der Waals surface area contributed by atoms with Crippen LogP contribution in [0.4, 0.5) is 5.69 Å². The molecule has 0 fully saturated rings. The van der Waals surface area contributed by atoms with Crippen LogP contribution in [0.1, 0.15) is 55.2 Å². The molecule has 8 nitrogen and oxygen atoms in total. The Morgan fingerprint density at radius 3 is 2.80 bits per heavy atom. The van der Waals surface area contributed by atoms with Crippen molar-refractivity contribution in [1.82, 2.24) is 4.98 Å². The Labute approximate surface area is 205 Å². The maximum Gasteiger partial charge on any atom is 0.303 e. The third-order valence-corrected chi connectivity index (χ3v) is 7.99. The summed E-state index contributed by atoms with van der Waals surface area (Å²) in [7, 11) is -3.45. The van der Waals surface area contributed by atoms with Crippen molar-refractivity contribution < 1.29 is 27.5 Å². The van der Waals surface area contributed by atoms with Crippen molar-refractivity contribution in [1.29, 1.82) is 0 Å². The molecule has 1 aromatic heterocycles. The summed E-state index contributed by atoms with van der Waals surface area (Å²) >= 11 is 0. The first kappa shape index (κ1) is 24.8. The van der Waals surface area contributed by atoms with E-state index in [2.05, 4.69) is 9.71 Å². The summed E-state index contributed by atoms with van der Waals surface area (Å²) in [6.45, 7) is 5.50. The van der Waals surface area contributed by atoms with Crippen LogP contribution in [-0.2, 0) is 27.7 Å². The number of hydrogen-bond acceptors (Lipinski definition) is 6. The number of carboxylic acids is 1. The number of ether oxygens (including phenoxy) is 1. The number of carboxylic acid groups (broad SMARTS) is 1. The molecule has 1 atom stereocenters. The van der Waals surface area contributed by atoms with Gasteiger partial charge in [0.25, 0.3) is 0 Å². The maximum atomic E-state index is 12.2. The zero-order chi connectivity index (χ0) is 25.2. The van der Waals surface area contributed by atoms with Crippen LogP contribution in [0.15, 0.2) is 46.9 Å². The Hall–Kier alpha value is -3.33. The fraction of sp³-hybridized carbons (Fsp3) is 0.385. The van der Waals surface area contributed by atoms with Crippen molar-refractivity contribution in [2.75, 3.05) is 11.3 Å². The van der Waals surface area contributed by atoms with Gasteiger partial charge in [-0.05, 0) is 81.0 Å². The quantitative estimate of drug-likeness (QED) is 0.407. The highest BCUT2D eigenvalue weighted by Crippen LogP contribution is 2.37. The van der Waals surface area contributed by atoms with Crippen LogP contribution in [0.3, 0.4) is 0 Å². The van der Waals surface area contributed by atoms with Crippen LogP contribution in [-0.4, -0.2) is 36.3 Å². The summed E-state index contributed by atoms with van der Waals surface area (Å²) in [5, 5.41) is 8.54. The van der Waals surface area contributed by atoms with Gasteiger partial charge in [-0.15, -0.1) is 0 Å². The minimum absolute atomic E-state index is 0.0759. The highest BCUT2D eigenvalue weighted by molar-refractivity contribution is 7.93. The molecule has 0 saturated heterocycles. The molecule has 4 rings (SSSR count). The van der Waals surface area contributed by atoms with Crippen LogP contribution in [0.2, 0.25) is 0 Å². The monoisotopic (exact) mass is 498 g/mol. The number of sulfonamides is 1. The van der Waals surface area contributed by atoms with E-state index >= 15 is 0 Å². The van der Waals surface area contributed by atoms with E-state index in [1.807, 2.05) is 31.2 Å². The van der Waals surface area contributed by atoms with Crippen LogP contribution < -0.4 is 9.46 Å². The van der Waals surface area contributed by atoms with Gasteiger partial charge < -0.3 is 14.3 Å². The number of aryl methyl sites for hydroxylation is 2. The second kappa shape index (κ2) is 10.1. The molecule has 1 aliphatic carbocycles. The maximum absolute atomic E-state index is 12.2. The van der Waals surface area contributed by atoms with Gasteiger partial charge in [-0.2, -0.15) is 0 Å². The topological polar surface area (TPSA) is 119 Å². The van der Waals surface area contributed by atoms with Crippen molar-refractivity contribution in [2.45, 2.75) is 57.6 Å². The lowest BCUT2D eigenvalue weighted by molar-refractivity contribution is -0.137. The number of oxazole rings is 1. The Morgan fingerprint density at radius 2 is 2.06 bits per heavy atom. The molecule has 2 N–H and O–H groups in total. The lowest BCUT2D eigenvalue weighted by Crippen LogP contribution is -2.22. The fourth-order valence-corrected chi connectivity index (χ4v) is 4.93. The van der Waals surface area contributed by atoms with Gasteiger partial charge in [0.15, 0.2) is 0 Å². The van der Waals surface area contributed by atoms with Crippen LogP contribution in [0.5, 0.6) is 5.75 Å². The Kier molecular flexibility index (Phi) is 7.16. The number of aliphatic carboxylic acids is 1. The minimum Gasteiger partial charge on any atom is -0.493 e. The average molecular weight is 499 g/mol. The standard InChI is InChI=1S/C26H30N2O6S/c1-16(2)35(31,32)28-21-6-4-5-20(13-21)26-27-24(17(3)34-26)11-12-33-22-9-10-23-18(14-22)7-8-19(23)15-25(29)30/h4-6,9-10,13-14,16,19,28H,7-8,11-12,15H2,1-3H3,(H,29,30)/t19-/m0/s1. The molecule has 9 heteroatoms. The van der Waals surface area contributed by atoms with Crippen molar-refractivity contribution in [2.24, 2.45) is 0 Å². The zero-order valence-electron chi connectivity index (χ0n) is 20.1. The third kappa shape index (κ3) is 5.85. The highest BCUT2D eigenvalue weighted by atomic mass is 32.2. The summed E-state index contributed by atoms with van der Waals surface area (Å²) in [5.74, 6) is 1.17. The van der Waals surface area contributed by atoms with E-state index in [-0.39, 0.29) is 12.3 Å². The third-order valence-electron chi connectivity index (χ3n) is 6.23. The molecule has 0 unspecified atom stereocenters. The zero-order valence-corrected chi connectivity index (χ0v) is 20.9. The van der Waals surface area contributed by atoms with Gasteiger partial charge in [0, 0.05) is 17.7 Å². The first-order valence-electron chi connectivity index (χ1n) is 11.7. The summed E-state index contributed by atoms with van der Waals surface area (Å²) < 4.78 is 38.7. The van der Waals surface area contributed by atoms with Gasteiger partial charge in [-0.3, -0.25) is 9.52 Å². The molecule has 0 radical (unpaired) electrons. The highest BCUT2D eigenvalue weighted by Gasteiger charge is 2.25. The first-order chi connectivity index (χ1) is 16.6.